The average molecular weight is 534 g/mol. The first-order chi connectivity index (χ1) is 18.6. The Kier molecular flexibility index (Phi) is 8.84. The van der Waals surface area contributed by atoms with Gasteiger partial charge >= 0.3 is 6.09 Å². The molecule has 1 atom stereocenters. The van der Waals surface area contributed by atoms with E-state index in [0.717, 1.165) is 24.0 Å². The summed E-state index contributed by atoms with van der Waals surface area (Å²) in [6, 6.07) is 18.1. The second-order valence-electron chi connectivity index (χ2n) is 11.1. The number of nitrogens with one attached hydrogen (secondary N) is 1. The molecule has 3 aromatic rings. The van der Waals surface area contributed by atoms with Crippen LogP contribution in [-0.2, 0) is 11.3 Å². The zero-order valence-electron chi connectivity index (χ0n) is 22.7. The first-order valence-electron chi connectivity index (χ1n) is 13.4. The van der Waals surface area contributed by atoms with Crippen molar-refractivity contribution in [2.75, 3.05) is 13.1 Å². The van der Waals surface area contributed by atoms with Crippen molar-refractivity contribution in [3.63, 3.8) is 0 Å². The summed E-state index contributed by atoms with van der Waals surface area (Å²) in [6.07, 6.45) is 3.67. The van der Waals surface area contributed by atoms with Crippen molar-refractivity contribution in [1.29, 1.82) is 0 Å². The highest BCUT2D eigenvalue weighted by Crippen LogP contribution is 2.29. The van der Waals surface area contributed by atoms with Crippen LogP contribution in [0.5, 0.6) is 0 Å². The zero-order chi connectivity index (χ0) is 28.0. The summed E-state index contributed by atoms with van der Waals surface area (Å²) in [5, 5.41) is 3.11. The fourth-order valence-corrected chi connectivity index (χ4v) is 4.79. The number of amides is 2. The van der Waals surface area contributed by atoms with E-state index in [4.69, 9.17) is 4.74 Å². The van der Waals surface area contributed by atoms with Gasteiger partial charge in [-0.2, -0.15) is 0 Å². The lowest BCUT2D eigenvalue weighted by molar-refractivity contribution is 0.0178. The fraction of sp³-hybridized carbons (Fsp3) is 0.387. The van der Waals surface area contributed by atoms with Gasteiger partial charge in [-0.05, 0) is 81.3 Å². The van der Waals surface area contributed by atoms with E-state index in [-0.39, 0.29) is 29.5 Å². The van der Waals surface area contributed by atoms with Gasteiger partial charge in [0.2, 0.25) is 0 Å². The number of piperidine rings is 1. The van der Waals surface area contributed by atoms with Gasteiger partial charge in [-0.3, -0.25) is 9.59 Å². The molecule has 0 saturated carbocycles. The summed E-state index contributed by atoms with van der Waals surface area (Å²) >= 11 is 0. The summed E-state index contributed by atoms with van der Waals surface area (Å²) < 4.78 is 20.6. The van der Waals surface area contributed by atoms with Crippen LogP contribution < -0.4 is 10.9 Å². The lowest BCUT2D eigenvalue weighted by Crippen LogP contribution is -2.42. The number of halogens is 1. The summed E-state index contributed by atoms with van der Waals surface area (Å²) in [6.45, 7) is 7.12. The van der Waals surface area contributed by atoms with Crippen LogP contribution in [0.15, 0.2) is 77.7 Å². The minimum atomic E-state index is -0.549. The number of benzene rings is 2. The quantitative estimate of drug-likeness (QED) is 0.432. The van der Waals surface area contributed by atoms with E-state index >= 15 is 0 Å². The molecule has 0 radical (unpaired) electrons. The van der Waals surface area contributed by atoms with Gasteiger partial charge in [0.1, 0.15) is 11.4 Å². The second-order valence-corrected chi connectivity index (χ2v) is 11.1. The number of aromatic nitrogens is 1. The molecule has 0 aliphatic carbocycles. The second kappa shape index (κ2) is 12.3. The molecule has 4 rings (SSSR count). The first kappa shape index (κ1) is 28.1. The molecule has 2 amide bonds. The average Bonchev–Trinajstić information content (AvgIpc) is 2.90. The zero-order valence-corrected chi connectivity index (χ0v) is 22.7. The number of carbonyl (C=O) groups is 2. The van der Waals surface area contributed by atoms with Gasteiger partial charge in [-0.25, -0.2) is 9.18 Å². The molecule has 1 N–H and O–H groups in total. The number of rotatable bonds is 7. The molecule has 1 fully saturated rings. The Labute approximate surface area is 228 Å². The van der Waals surface area contributed by atoms with E-state index < -0.39 is 11.4 Å². The van der Waals surface area contributed by atoms with Crippen molar-refractivity contribution in [1.82, 2.24) is 14.8 Å². The Bertz CT molecular complexity index is 1320. The molecule has 1 saturated heterocycles. The van der Waals surface area contributed by atoms with Crippen LogP contribution in [0.1, 0.15) is 67.6 Å². The van der Waals surface area contributed by atoms with Crippen LogP contribution in [0.3, 0.4) is 0 Å². The van der Waals surface area contributed by atoms with Crippen LogP contribution in [0.4, 0.5) is 9.18 Å². The number of nitrogens with zero attached hydrogens (tertiary/aromatic N) is 2. The number of carbonyl (C=O) groups excluding carboxylic acids is 2. The third kappa shape index (κ3) is 8.02. The molecule has 1 unspecified atom stereocenters. The van der Waals surface area contributed by atoms with Crippen molar-refractivity contribution in [3.05, 3.63) is 106 Å². The third-order valence-corrected chi connectivity index (χ3v) is 6.85. The molecule has 2 aromatic carbocycles. The van der Waals surface area contributed by atoms with Crippen LogP contribution >= 0.6 is 0 Å². The van der Waals surface area contributed by atoms with E-state index in [9.17, 15) is 18.8 Å². The number of likely N-dealkylation sites (tertiary alicyclic amines) is 1. The molecule has 1 aromatic heterocycles. The van der Waals surface area contributed by atoms with Crippen molar-refractivity contribution >= 4 is 12.0 Å². The molecular formula is C31H36FN3O4. The highest BCUT2D eigenvalue weighted by molar-refractivity contribution is 5.94. The molecule has 7 nitrogen and oxygen atoms in total. The van der Waals surface area contributed by atoms with Gasteiger partial charge in [0, 0.05) is 30.9 Å². The summed E-state index contributed by atoms with van der Waals surface area (Å²) in [5.74, 6) is -0.475. The van der Waals surface area contributed by atoms with Gasteiger partial charge in [0.25, 0.3) is 11.5 Å². The Morgan fingerprint density at radius 2 is 1.67 bits per heavy atom. The maximum atomic E-state index is 13.4. The van der Waals surface area contributed by atoms with E-state index in [1.165, 1.54) is 30.3 Å². The standard InChI is InChI=1S/C31H36FN3O4/c1-31(2,3)39-30(38)34-17-15-22(16-18-34)19-27(33-29(37)24-9-12-26(32)13-10-24)25-11-14-28(36)35(21-25)20-23-7-5-4-6-8-23/h4-14,21-22,27H,15-20H2,1-3H3,(H,33,37). The monoisotopic (exact) mass is 533 g/mol. The van der Waals surface area contributed by atoms with E-state index in [1.54, 1.807) is 21.7 Å². The van der Waals surface area contributed by atoms with Gasteiger partial charge in [-0.1, -0.05) is 36.4 Å². The largest absolute Gasteiger partial charge is 0.444 e. The molecule has 2 heterocycles. The van der Waals surface area contributed by atoms with Crippen molar-refractivity contribution in [3.8, 4) is 0 Å². The minimum Gasteiger partial charge on any atom is -0.444 e. The van der Waals surface area contributed by atoms with Crippen LogP contribution in [0.2, 0.25) is 0 Å². The van der Waals surface area contributed by atoms with Crippen molar-refractivity contribution in [2.24, 2.45) is 5.92 Å². The van der Waals surface area contributed by atoms with Gasteiger partial charge in [0.15, 0.2) is 0 Å². The predicted molar refractivity (Wildman–Crippen MR) is 148 cm³/mol. The van der Waals surface area contributed by atoms with E-state index in [2.05, 4.69) is 5.32 Å². The van der Waals surface area contributed by atoms with Crippen molar-refractivity contribution in [2.45, 2.75) is 58.2 Å². The SMILES string of the molecule is CC(C)(C)OC(=O)N1CCC(CC(NC(=O)c2ccc(F)cc2)c2ccc(=O)n(Cc3ccccc3)c2)CC1. The summed E-state index contributed by atoms with van der Waals surface area (Å²) in [7, 11) is 0. The molecule has 1 aliphatic heterocycles. The lowest BCUT2D eigenvalue weighted by atomic mass is 9.88. The topological polar surface area (TPSA) is 80.6 Å². The Morgan fingerprint density at radius 3 is 2.31 bits per heavy atom. The number of pyridine rings is 1. The number of ether oxygens (including phenoxy) is 1. The first-order valence-corrected chi connectivity index (χ1v) is 13.4. The van der Waals surface area contributed by atoms with Crippen LogP contribution in [0.25, 0.3) is 0 Å². The maximum absolute atomic E-state index is 13.4. The molecule has 8 heteroatoms. The highest BCUT2D eigenvalue weighted by Gasteiger charge is 2.29. The van der Waals surface area contributed by atoms with Crippen molar-refractivity contribution < 1.29 is 18.7 Å². The van der Waals surface area contributed by atoms with Gasteiger partial charge in [0.05, 0.1) is 12.6 Å². The van der Waals surface area contributed by atoms with E-state index in [0.29, 0.717) is 31.6 Å². The molecular weight excluding hydrogens is 497 g/mol. The Hall–Kier alpha value is -3.94. The maximum Gasteiger partial charge on any atom is 0.410 e. The third-order valence-electron chi connectivity index (χ3n) is 6.85. The summed E-state index contributed by atoms with van der Waals surface area (Å²) in [5.41, 5.74) is 1.50. The van der Waals surface area contributed by atoms with Gasteiger partial charge < -0.3 is 19.5 Å². The highest BCUT2D eigenvalue weighted by atomic mass is 19.1. The fourth-order valence-electron chi connectivity index (χ4n) is 4.79. The molecule has 1 aliphatic rings. The number of hydrogen-bond donors (Lipinski definition) is 1. The molecule has 206 valence electrons. The molecule has 0 bridgehead atoms. The smallest absolute Gasteiger partial charge is 0.410 e. The van der Waals surface area contributed by atoms with Crippen LogP contribution in [0, 0.1) is 11.7 Å². The molecule has 0 spiro atoms. The minimum absolute atomic E-state index is 0.128. The normalized spacial score (nSPS) is 15.0. The van der Waals surface area contributed by atoms with E-state index in [1.807, 2.05) is 51.1 Å². The molecule has 39 heavy (non-hydrogen) atoms. The lowest BCUT2D eigenvalue weighted by Gasteiger charge is -2.35. The Morgan fingerprint density at radius 1 is 1.00 bits per heavy atom. The Balaban J connectivity index is 1.52. The van der Waals surface area contributed by atoms with Crippen LogP contribution in [-0.4, -0.2) is 40.2 Å². The predicted octanol–water partition coefficient (Wildman–Crippen LogP) is 5.54. The van der Waals surface area contributed by atoms with Gasteiger partial charge in [-0.15, -0.1) is 0 Å². The number of hydrogen-bond acceptors (Lipinski definition) is 4. The summed E-state index contributed by atoms with van der Waals surface area (Å²) in [4.78, 5) is 40.0.